The number of hydrogen-bond acceptors (Lipinski definition) is 6. The molecule has 0 atom stereocenters. The number of amides is 1. The number of nitrogens with one attached hydrogen (secondary N) is 1. The SMILES string of the molecule is COc1cc(C(=O)NCc2cc(Br)ccc2F)c([N+](=O)[O-])c(OC)c1OC. The number of benzene rings is 2. The summed E-state index contributed by atoms with van der Waals surface area (Å²) in [6, 6.07) is 5.43. The van der Waals surface area contributed by atoms with Crippen LogP contribution in [0.15, 0.2) is 28.7 Å². The molecule has 0 saturated heterocycles. The lowest BCUT2D eigenvalue weighted by Gasteiger charge is -2.15. The monoisotopic (exact) mass is 442 g/mol. The van der Waals surface area contributed by atoms with Crippen molar-refractivity contribution in [3.63, 3.8) is 0 Å². The Kier molecular flexibility index (Phi) is 6.56. The molecule has 27 heavy (non-hydrogen) atoms. The summed E-state index contributed by atoms with van der Waals surface area (Å²) < 4.78 is 29.8. The Labute approximate surface area is 162 Å². The van der Waals surface area contributed by atoms with Crippen molar-refractivity contribution in [3.8, 4) is 17.2 Å². The molecule has 1 N–H and O–H groups in total. The molecule has 0 aliphatic rings. The number of hydrogen-bond donors (Lipinski definition) is 1. The first kappa shape index (κ1) is 20.4. The molecule has 8 nitrogen and oxygen atoms in total. The summed E-state index contributed by atoms with van der Waals surface area (Å²) in [7, 11) is 3.82. The molecule has 0 fully saturated rings. The van der Waals surface area contributed by atoms with Gasteiger partial charge >= 0.3 is 5.69 Å². The summed E-state index contributed by atoms with van der Waals surface area (Å²) in [5.74, 6) is -1.49. The zero-order valence-electron chi connectivity index (χ0n) is 14.7. The van der Waals surface area contributed by atoms with E-state index in [2.05, 4.69) is 21.2 Å². The highest BCUT2D eigenvalue weighted by Crippen LogP contribution is 2.46. The van der Waals surface area contributed by atoms with Gasteiger partial charge in [0.15, 0.2) is 5.75 Å². The number of carbonyl (C=O) groups is 1. The highest BCUT2D eigenvalue weighted by Gasteiger charge is 2.32. The molecule has 2 aromatic rings. The van der Waals surface area contributed by atoms with Gasteiger partial charge in [0, 0.05) is 22.6 Å². The van der Waals surface area contributed by atoms with Crippen LogP contribution in [0.4, 0.5) is 10.1 Å². The summed E-state index contributed by atoms with van der Waals surface area (Å²) >= 11 is 3.22. The minimum absolute atomic E-state index is 0.0127. The molecule has 0 aliphatic heterocycles. The highest BCUT2D eigenvalue weighted by atomic mass is 79.9. The Morgan fingerprint density at radius 3 is 2.41 bits per heavy atom. The van der Waals surface area contributed by atoms with Crippen molar-refractivity contribution in [2.45, 2.75) is 6.54 Å². The average molecular weight is 443 g/mol. The van der Waals surface area contributed by atoms with Crippen molar-refractivity contribution in [2.24, 2.45) is 0 Å². The predicted molar refractivity (Wildman–Crippen MR) is 98.0 cm³/mol. The molecule has 0 unspecified atom stereocenters. The van der Waals surface area contributed by atoms with E-state index in [0.717, 1.165) is 0 Å². The third kappa shape index (κ3) is 4.27. The molecule has 0 spiro atoms. The normalized spacial score (nSPS) is 10.3. The van der Waals surface area contributed by atoms with Crippen molar-refractivity contribution in [3.05, 3.63) is 55.8 Å². The van der Waals surface area contributed by atoms with E-state index >= 15 is 0 Å². The minimum Gasteiger partial charge on any atom is -0.493 e. The maximum absolute atomic E-state index is 13.8. The van der Waals surface area contributed by atoms with Gasteiger partial charge in [0.25, 0.3) is 5.91 Å². The van der Waals surface area contributed by atoms with Gasteiger partial charge in [-0.3, -0.25) is 14.9 Å². The molecule has 0 heterocycles. The third-order valence-electron chi connectivity index (χ3n) is 3.68. The van der Waals surface area contributed by atoms with Crippen LogP contribution in [0.5, 0.6) is 17.2 Å². The fraction of sp³-hybridized carbons (Fsp3) is 0.235. The topological polar surface area (TPSA) is 99.9 Å². The lowest BCUT2D eigenvalue weighted by Crippen LogP contribution is -2.24. The number of nitrogens with zero attached hydrogens (tertiary/aromatic N) is 1. The first-order valence-electron chi connectivity index (χ1n) is 7.53. The smallest absolute Gasteiger partial charge is 0.327 e. The third-order valence-corrected chi connectivity index (χ3v) is 4.17. The highest BCUT2D eigenvalue weighted by molar-refractivity contribution is 9.10. The number of rotatable bonds is 7. The molecule has 1 amide bonds. The number of halogens is 2. The van der Waals surface area contributed by atoms with Gasteiger partial charge in [-0.1, -0.05) is 15.9 Å². The molecular formula is C17H16BrFN2O6. The van der Waals surface area contributed by atoms with E-state index in [1.807, 2.05) is 0 Å². The van der Waals surface area contributed by atoms with Crippen molar-refractivity contribution in [2.75, 3.05) is 21.3 Å². The molecule has 0 saturated carbocycles. The maximum Gasteiger partial charge on any atom is 0.327 e. The van der Waals surface area contributed by atoms with Crippen LogP contribution in [-0.2, 0) is 6.54 Å². The minimum atomic E-state index is -0.791. The number of nitro benzene ring substituents is 1. The van der Waals surface area contributed by atoms with Gasteiger partial charge in [-0.05, 0) is 18.2 Å². The molecule has 0 aliphatic carbocycles. The molecule has 2 aromatic carbocycles. The summed E-state index contributed by atoms with van der Waals surface area (Å²) in [4.78, 5) is 23.3. The molecule has 144 valence electrons. The Bertz CT molecular complexity index is 890. The molecule has 0 aromatic heterocycles. The average Bonchev–Trinajstić information content (AvgIpc) is 2.66. The first-order valence-corrected chi connectivity index (χ1v) is 8.32. The Morgan fingerprint density at radius 2 is 1.85 bits per heavy atom. The number of nitro groups is 1. The molecule has 0 radical (unpaired) electrons. The van der Waals surface area contributed by atoms with E-state index in [0.29, 0.717) is 4.47 Å². The van der Waals surface area contributed by atoms with Crippen LogP contribution in [0.3, 0.4) is 0 Å². The second kappa shape index (κ2) is 8.67. The predicted octanol–water partition coefficient (Wildman–Crippen LogP) is 3.45. The fourth-order valence-electron chi connectivity index (χ4n) is 2.44. The Balaban J connectivity index is 2.45. The first-order chi connectivity index (χ1) is 12.8. The van der Waals surface area contributed by atoms with Crippen molar-refractivity contribution < 1.29 is 28.3 Å². The van der Waals surface area contributed by atoms with Crippen molar-refractivity contribution >= 4 is 27.5 Å². The quantitative estimate of drug-likeness (QED) is 0.520. The second-order valence-corrected chi connectivity index (χ2v) is 6.13. The molecule has 10 heteroatoms. The van der Waals surface area contributed by atoms with Gasteiger partial charge < -0.3 is 19.5 Å². The zero-order chi connectivity index (χ0) is 20.1. The van der Waals surface area contributed by atoms with Gasteiger partial charge in [0.05, 0.1) is 26.3 Å². The van der Waals surface area contributed by atoms with Gasteiger partial charge in [-0.2, -0.15) is 0 Å². The zero-order valence-corrected chi connectivity index (χ0v) is 16.3. The van der Waals surface area contributed by atoms with Gasteiger partial charge in [0.2, 0.25) is 11.5 Å². The lowest BCUT2D eigenvalue weighted by molar-refractivity contribution is -0.386. The van der Waals surface area contributed by atoms with E-state index in [-0.39, 0.29) is 34.9 Å². The summed E-state index contributed by atoms with van der Waals surface area (Å²) in [5, 5.41) is 14.0. The molecular weight excluding hydrogens is 427 g/mol. The van der Waals surface area contributed by atoms with Crippen LogP contribution < -0.4 is 19.5 Å². The summed E-state index contributed by atoms with van der Waals surface area (Å²) in [6.45, 7) is -0.169. The van der Waals surface area contributed by atoms with Crippen LogP contribution in [0, 0.1) is 15.9 Å². The van der Waals surface area contributed by atoms with E-state index in [9.17, 15) is 19.3 Å². The van der Waals surface area contributed by atoms with Gasteiger partial charge in [-0.15, -0.1) is 0 Å². The van der Waals surface area contributed by atoms with Crippen molar-refractivity contribution in [1.29, 1.82) is 0 Å². The van der Waals surface area contributed by atoms with Crippen LogP contribution in [0.1, 0.15) is 15.9 Å². The number of ether oxygens (including phenoxy) is 3. The van der Waals surface area contributed by atoms with E-state index < -0.39 is 22.3 Å². The molecule has 0 bridgehead atoms. The maximum atomic E-state index is 13.8. The van der Waals surface area contributed by atoms with E-state index in [1.165, 1.54) is 45.6 Å². The molecule has 2 rings (SSSR count). The largest absolute Gasteiger partial charge is 0.493 e. The number of methoxy groups -OCH3 is 3. The summed E-state index contributed by atoms with van der Waals surface area (Å²) in [5.41, 5.74) is -0.667. The van der Waals surface area contributed by atoms with Crippen LogP contribution in [0.25, 0.3) is 0 Å². The Morgan fingerprint density at radius 1 is 1.19 bits per heavy atom. The Hall–Kier alpha value is -2.88. The second-order valence-electron chi connectivity index (χ2n) is 5.22. The van der Waals surface area contributed by atoms with Crippen LogP contribution >= 0.6 is 15.9 Å². The van der Waals surface area contributed by atoms with E-state index in [1.54, 1.807) is 0 Å². The van der Waals surface area contributed by atoms with E-state index in [4.69, 9.17) is 14.2 Å². The van der Waals surface area contributed by atoms with Crippen molar-refractivity contribution in [1.82, 2.24) is 5.32 Å². The standard InChI is InChI=1S/C17H16BrFN2O6/c1-25-13-7-11(14(21(23)24)16(27-3)15(13)26-2)17(22)20-8-9-6-10(18)4-5-12(9)19/h4-7H,8H2,1-3H3,(H,20,22). The van der Waals surface area contributed by atoms with Gasteiger partial charge in [-0.25, -0.2) is 4.39 Å². The van der Waals surface area contributed by atoms with Crippen LogP contribution in [-0.4, -0.2) is 32.2 Å². The van der Waals surface area contributed by atoms with Crippen LogP contribution in [0.2, 0.25) is 0 Å². The van der Waals surface area contributed by atoms with Gasteiger partial charge in [0.1, 0.15) is 11.4 Å². The lowest BCUT2D eigenvalue weighted by atomic mass is 10.1. The summed E-state index contributed by atoms with van der Waals surface area (Å²) in [6.07, 6.45) is 0. The number of carbonyl (C=O) groups excluding carboxylic acids is 1. The fourth-order valence-corrected chi connectivity index (χ4v) is 2.85.